The summed E-state index contributed by atoms with van der Waals surface area (Å²) in [7, 11) is 1.35. The van der Waals surface area contributed by atoms with E-state index in [1.807, 2.05) is 12.3 Å². The van der Waals surface area contributed by atoms with Gasteiger partial charge in [0.05, 0.1) is 24.7 Å². The minimum Gasteiger partial charge on any atom is -0.465 e. The van der Waals surface area contributed by atoms with Gasteiger partial charge in [0.25, 0.3) is 0 Å². The van der Waals surface area contributed by atoms with Crippen LogP contribution in [-0.2, 0) is 11.3 Å². The molecule has 0 fully saturated rings. The minimum atomic E-state index is -0.380. The van der Waals surface area contributed by atoms with Gasteiger partial charge in [-0.1, -0.05) is 12.1 Å². The van der Waals surface area contributed by atoms with Gasteiger partial charge in [-0.2, -0.15) is 5.10 Å². The molecule has 0 radical (unpaired) electrons. The Kier molecular flexibility index (Phi) is 3.39. The SMILES string of the molecule is COC(=O)c1ccc2nn(Cc3cccc(F)c3)cc2c1. The minimum absolute atomic E-state index is 0.266. The third-order valence-corrected chi connectivity index (χ3v) is 3.21. The van der Waals surface area contributed by atoms with Crippen LogP contribution in [0.1, 0.15) is 15.9 Å². The molecule has 1 aromatic heterocycles. The highest BCUT2D eigenvalue weighted by molar-refractivity contribution is 5.94. The zero-order valence-electron chi connectivity index (χ0n) is 11.4. The number of aromatic nitrogens is 2. The molecule has 4 nitrogen and oxygen atoms in total. The maximum atomic E-state index is 13.2. The fraction of sp³-hybridized carbons (Fsp3) is 0.125. The van der Waals surface area contributed by atoms with Gasteiger partial charge in [-0.15, -0.1) is 0 Å². The lowest BCUT2D eigenvalue weighted by Crippen LogP contribution is -2.00. The summed E-state index contributed by atoms with van der Waals surface area (Å²) < 4.78 is 19.6. The zero-order chi connectivity index (χ0) is 14.8. The monoisotopic (exact) mass is 284 g/mol. The van der Waals surface area contributed by atoms with Gasteiger partial charge in [0, 0.05) is 11.6 Å². The summed E-state index contributed by atoms with van der Waals surface area (Å²) in [5.74, 6) is -0.646. The van der Waals surface area contributed by atoms with E-state index in [-0.39, 0.29) is 11.8 Å². The summed E-state index contributed by atoms with van der Waals surface area (Å²) in [6, 6.07) is 11.6. The molecule has 0 spiro atoms. The first-order chi connectivity index (χ1) is 10.2. The molecule has 0 aliphatic rings. The molecule has 3 rings (SSSR count). The summed E-state index contributed by atoms with van der Waals surface area (Å²) in [4.78, 5) is 11.5. The standard InChI is InChI=1S/C16H13FN2O2/c1-21-16(20)12-5-6-15-13(8-12)10-19(18-15)9-11-3-2-4-14(17)7-11/h2-8,10H,9H2,1H3. The van der Waals surface area contributed by atoms with Crippen molar-refractivity contribution in [2.45, 2.75) is 6.54 Å². The first-order valence-electron chi connectivity index (χ1n) is 6.46. The molecule has 0 aliphatic carbocycles. The van der Waals surface area contributed by atoms with E-state index in [9.17, 15) is 9.18 Å². The molecule has 0 saturated heterocycles. The van der Waals surface area contributed by atoms with Crippen molar-refractivity contribution in [3.05, 3.63) is 65.6 Å². The Hall–Kier alpha value is -2.69. The van der Waals surface area contributed by atoms with Gasteiger partial charge >= 0.3 is 5.97 Å². The van der Waals surface area contributed by atoms with Crippen molar-refractivity contribution in [3.63, 3.8) is 0 Å². The second kappa shape index (κ2) is 5.36. The van der Waals surface area contributed by atoms with Crippen molar-refractivity contribution in [2.24, 2.45) is 0 Å². The maximum Gasteiger partial charge on any atom is 0.337 e. The van der Waals surface area contributed by atoms with Gasteiger partial charge in [-0.05, 0) is 35.9 Å². The number of benzene rings is 2. The van der Waals surface area contributed by atoms with E-state index < -0.39 is 0 Å². The second-order valence-electron chi connectivity index (χ2n) is 4.72. The lowest BCUT2D eigenvalue weighted by atomic mass is 10.1. The summed E-state index contributed by atoms with van der Waals surface area (Å²) in [6.07, 6.45) is 1.83. The van der Waals surface area contributed by atoms with Crippen molar-refractivity contribution in [1.82, 2.24) is 9.78 Å². The molecular formula is C16H13FN2O2. The molecule has 0 N–H and O–H groups in total. The number of carbonyl (C=O) groups is 1. The third-order valence-electron chi connectivity index (χ3n) is 3.21. The van der Waals surface area contributed by atoms with Crippen LogP contribution in [0.3, 0.4) is 0 Å². The molecule has 0 atom stereocenters. The van der Waals surface area contributed by atoms with Gasteiger partial charge in [-0.25, -0.2) is 9.18 Å². The first kappa shape index (κ1) is 13.3. The van der Waals surface area contributed by atoms with Gasteiger partial charge in [0.15, 0.2) is 0 Å². The number of esters is 1. The molecular weight excluding hydrogens is 271 g/mol. The Balaban J connectivity index is 1.92. The summed E-state index contributed by atoms with van der Waals surface area (Å²) >= 11 is 0. The molecule has 1 heterocycles. The highest BCUT2D eigenvalue weighted by atomic mass is 19.1. The molecule has 0 bridgehead atoms. The molecule has 3 aromatic rings. The van der Waals surface area contributed by atoms with E-state index in [1.165, 1.54) is 19.2 Å². The van der Waals surface area contributed by atoms with Crippen LogP contribution in [0.5, 0.6) is 0 Å². The van der Waals surface area contributed by atoms with Crippen LogP contribution in [0.25, 0.3) is 10.9 Å². The van der Waals surface area contributed by atoms with E-state index in [2.05, 4.69) is 5.10 Å². The van der Waals surface area contributed by atoms with Crippen molar-refractivity contribution < 1.29 is 13.9 Å². The lowest BCUT2D eigenvalue weighted by molar-refractivity contribution is 0.0601. The molecule has 0 amide bonds. The molecule has 0 saturated carbocycles. The fourth-order valence-corrected chi connectivity index (χ4v) is 2.22. The lowest BCUT2D eigenvalue weighted by Gasteiger charge is -2.01. The largest absolute Gasteiger partial charge is 0.465 e. The predicted octanol–water partition coefficient (Wildman–Crippen LogP) is 3.01. The number of carbonyl (C=O) groups excluding carboxylic acids is 1. The van der Waals surface area contributed by atoms with Crippen LogP contribution in [-0.4, -0.2) is 22.9 Å². The summed E-state index contributed by atoms with van der Waals surface area (Å²) in [6.45, 7) is 0.472. The van der Waals surface area contributed by atoms with Crippen LogP contribution in [0.2, 0.25) is 0 Å². The van der Waals surface area contributed by atoms with Gasteiger partial charge in [-0.3, -0.25) is 4.68 Å². The zero-order valence-corrected chi connectivity index (χ0v) is 11.4. The highest BCUT2D eigenvalue weighted by Gasteiger charge is 2.08. The Bertz CT molecular complexity index is 811. The van der Waals surface area contributed by atoms with Crippen LogP contribution in [0.15, 0.2) is 48.7 Å². The number of hydrogen-bond acceptors (Lipinski definition) is 3. The van der Waals surface area contributed by atoms with Gasteiger partial charge < -0.3 is 4.74 Å². The smallest absolute Gasteiger partial charge is 0.337 e. The molecule has 0 unspecified atom stereocenters. The Morgan fingerprint density at radius 3 is 2.90 bits per heavy atom. The Labute approximate surface area is 120 Å². The highest BCUT2D eigenvalue weighted by Crippen LogP contribution is 2.16. The van der Waals surface area contributed by atoms with E-state index in [0.717, 1.165) is 16.5 Å². The third kappa shape index (κ3) is 2.76. The topological polar surface area (TPSA) is 44.1 Å². The van der Waals surface area contributed by atoms with Crippen LogP contribution in [0, 0.1) is 5.82 Å². The summed E-state index contributed by atoms with van der Waals surface area (Å²) in [5.41, 5.74) is 2.09. The number of nitrogens with zero attached hydrogens (tertiary/aromatic N) is 2. The van der Waals surface area contributed by atoms with E-state index in [0.29, 0.717) is 12.1 Å². The first-order valence-corrected chi connectivity index (χ1v) is 6.46. The molecule has 0 aliphatic heterocycles. The normalized spacial score (nSPS) is 10.8. The van der Waals surface area contributed by atoms with Crippen molar-refractivity contribution in [1.29, 1.82) is 0 Å². The molecule has 2 aromatic carbocycles. The molecule has 5 heteroatoms. The number of rotatable bonds is 3. The average molecular weight is 284 g/mol. The number of hydrogen-bond donors (Lipinski definition) is 0. The van der Waals surface area contributed by atoms with E-state index >= 15 is 0 Å². The van der Waals surface area contributed by atoms with Crippen molar-refractivity contribution in [2.75, 3.05) is 7.11 Å². The van der Waals surface area contributed by atoms with Crippen molar-refractivity contribution in [3.8, 4) is 0 Å². The van der Waals surface area contributed by atoms with E-state index in [4.69, 9.17) is 4.74 Å². The summed E-state index contributed by atoms with van der Waals surface area (Å²) in [5, 5.41) is 5.25. The molecule has 106 valence electrons. The van der Waals surface area contributed by atoms with Gasteiger partial charge in [0.2, 0.25) is 0 Å². The predicted molar refractivity (Wildman–Crippen MR) is 76.6 cm³/mol. The quantitative estimate of drug-likeness (QED) is 0.694. The fourth-order valence-electron chi connectivity index (χ4n) is 2.22. The van der Waals surface area contributed by atoms with Crippen LogP contribution < -0.4 is 0 Å². The van der Waals surface area contributed by atoms with Crippen molar-refractivity contribution >= 4 is 16.9 Å². The number of methoxy groups -OCH3 is 1. The van der Waals surface area contributed by atoms with Gasteiger partial charge in [0.1, 0.15) is 5.82 Å². The maximum absolute atomic E-state index is 13.2. The number of halogens is 1. The second-order valence-corrected chi connectivity index (χ2v) is 4.72. The molecule has 21 heavy (non-hydrogen) atoms. The Morgan fingerprint density at radius 1 is 1.29 bits per heavy atom. The number of ether oxygens (including phenoxy) is 1. The van der Waals surface area contributed by atoms with Crippen LogP contribution >= 0.6 is 0 Å². The Morgan fingerprint density at radius 2 is 2.14 bits per heavy atom. The average Bonchev–Trinajstić information content (AvgIpc) is 2.87. The van der Waals surface area contributed by atoms with Crippen LogP contribution in [0.4, 0.5) is 4.39 Å². The number of fused-ring (bicyclic) bond motifs is 1. The van der Waals surface area contributed by atoms with E-state index in [1.54, 1.807) is 28.9 Å².